The van der Waals surface area contributed by atoms with Gasteiger partial charge in [-0.05, 0) is 60.3 Å². The molecule has 0 saturated carbocycles. The van der Waals surface area contributed by atoms with Crippen LogP contribution in [-0.2, 0) is 15.6 Å². The van der Waals surface area contributed by atoms with Crippen LogP contribution < -0.4 is 10.2 Å². The van der Waals surface area contributed by atoms with Gasteiger partial charge in [0.2, 0.25) is 5.91 Å². The van der Waals surface area contributed by atoms with Gasteiger partial charge >= 0.3 is 0 Å². The van der Waals surface area contributed by atoms with Crippen LogP contribution in [0, 0.1) is 0 Å². The Morgan fingerprint density at radius 1 is 1.03 bits per heavy atom. The molecule has 1 N–H and O–H groups in total. The molecule has 1 aliphatic carbocycles. The fourth-order valence-corrected chi connectivity index (χ4v) is 6.09. The van der Waals surface area contributed by atoms with Gasteiger partial charge in [-0.1, -0.05) is 39.8 Å². The molecule has 1 amide bonds. The van der Waals surface area contributed by atoms with E-state index in [9.17, 15) is 4.79 Å². The number of unbranched alkanes of at least 4 members (excludes halogenated alkanes) is 1. The van der Waals surface area contributed by atoms with Crippen molar-refractivity contribution in [1.29, 1.82) is 0 Å². The number of aromatic nitrogens is 1. The molecule has 1 aromatic heterocycles. The molecule has 6 heteroatoms. The Labute approximate surface area is 203 Å². The average molecular weight is 469 g/mol. The van der Waals surface area contributed by atoms with Crippen molar-refractivity contribution in [2.75, 3.05) is 44.7 Å². The van der Waals surface area contributed by atoms with E-state index >= 15 is 0 Å². The summed E-state index contributed by atoms with van der Waals surface area (Å²) in [7, 11) is 1.71. The Morgan fingerprint density at radius 2 is 1.73 bits per heavy atom. The summed E-state index contributed by atoms with van der Waals surface area (Å²) in [6.07, 6.45) is 5.16. The van der Waals surface area contributed by atoms with Crippen LogP contribution in [0.4, 0.5) is 5.13 Å². The smallest absolute Gasteiger partial charge is 0.219 e. The molecule has 0 spiro atoms. The number of rotatable bonds is 7. The number of thiazole rings is 1. The summed E-state index contributed by atoms with van der Waals surface area (Å²) < 4.78 is 0. The first-order chi connectivity index (χ1) is 15.7. The molecule has 1 aliphatic heterocycles. The summed E-state index contributed by atoms with van der Waals surface area (Å²) >= 11 is 1.77. The molecule has 5 nitrogen and oxygen atoms in total. The Hall–Kier alpha value is -1.92. The van der Waals surface area contributed by atoms with Crippen LogP contribution in [-0.4, -0.2) is 55.6 Å². The number of hydrogen-bond acceptors (Lipinski definition) is 5. The highest BCUT2D eigenvalue weighted by molar-refractivity contribution is 7.14. The molecular formula is C27H40N4OS. The lowest BCUT2D eigenvalue weighted by atomic mass is 9.63. The van der Waals surface area contributed by atoms with E-state index in [1.165, 1.54) is 29.5 Å². The van der Waals surface area contributed by atoms with Gasteiger partial charge in [-0.15, -0.1) is 11.3 Å². The second-order valence-electron chi connectivity index (χ2n) is 11.0. The molecule has 1 fully saturated rings. The first-order valence-electron chi connectivity index (χ1n) is 12.5. The van der Waals surface area contributed by atoms with Gasteiger partial charge in [0, 0.05) is 50.6 Å². The third-order valence-corrected chi connectivity index (χ3v) is 8.59. The van der Waals surface area contributed by atoms with E-state index in [1.54, 1.807) is 18.4 Å². The van der Waals surface area contributed by atoms with Gasteiger partial charge in [-0.2, -0.15) is 0 Å². The van der Waals surface area contributed by atoms with Crippen LogP contribution >= 0.6 is 11.3 Å². The third kappa shape index (κ3) is 5.43. The van der Waals surface area contributed by atoms with Gasteiger partial charge in [-0.3, -0.25) is 9.69 Å². The van der Waals surface area contributed by atoms with Crippen LogP contribution in [0.5, 0.6) is 0 Å². The van der Waals surface area contributed by atoms with E-state index in [2.05, 4.69) is 66.4 Å². The molecule has 0 bridgehead atoms. The molecule has 0 unspecified atom stereocenters. The monoisotopic (exact) mass is 468 g/mol. The van der Waals surface area contributed by atoms with Gasteiger partial charge < -0.3 is 10.2 Å². The number of benzene rings is 1. The lowest BCUT2D eigenvalue weighted by molar-refractivity contribution is -0.120. The highest BCUT2D eigenvalue weighted by Gasteiger charge is 2.37. The highest BCUT2D eigenvalue weighted by Crippen LogP contribution is 2.46. The number of nitrogens with zero attached hydrogens (tertiary/aromatic N) is 3. The maximum atomic E-state index is 11.4. The molecule has 180 valence electrons. The SMILES string of the molecule is CNC(=O)CCCCN1CCN(c2nc(-c3ccc4c(c3)C(C)(C)CCC4(C)C)cs2)CC1. The number of anilines is 1. The van der Waals surface area contributed by atoms with E-state index in [0.29, 0.717) is 6.42 Å². The van der Waals surface area contributed by atoms with Gasteiger partial charge in [0.25, 0.3) is 0 Å². The van der Waals surface area contributed by atoms with Crippen LogP contribution in [0.1, 0.15) is 70.9 Å². The number of piperazine rings is 1. The van der Waals surface area contributed by atoms with Crippen molar-refractivity contribution >= 4 is 22.4 Å². The van der Waals surface area contributed by atoms with Crippen molar-refractivity contribution in [3.05, 3.63) is 34.7 Å². The number of hydrogen-bond donors (Lipinski definition) is 1. The normalized spacial score (nSPS) is 19.8. The molecule has 1 saturated heterocycles. The van der Waals surface area contributed by atoms with Crippen molar-refractivity contribution in [1.82, 2.24) is 15.2 Å². The quantitative estimate of drug-likeness (QED) is 0.568. The summed E-state index contributed by atoms with van der Waals surface area (Å²) in [4.78, 5) is 21.4. The first-order valence-corrected chi connectivity index (χ1v) is 13.4. The number of amides is 1. The van der Waals surface area contributed by atoms with E-state index in [1.807, 2.05) is 0 Å². The van der Waals surface area contributed by atoms with Crippen LogP contribution in [0.3, 0.4) is 0 Å². The molecule has 2 heterocycles. The second kappa shape index (κ2) is 9.75. The van der Waals surface area contributed by atoms with E-state index in [0.717, 1.165) is 56.4 Å². The summed E-state index contributed by atoms with van der Waals surface area (Å²) in [6.45, 7) is 14.8. The van der Waals surface area contributed by atoms with Gasteiger partial charge in [0.05, 0.1) is 5.69 Å². The van der Waals surface area contributed by atoms with Gasteiger partial charge in [0.1, 0.15) is 0 Å². The Bertz CT molecular complexity index is 972. The zero-order valence-corrected chi connectivity index (χ0v) is 21.9. The van der Waals surface area contributed by atoms with Crippen molar-refractivity contribution < 1.29 is 4.79 Å². The molecule has 2 aliphatic rings. The molecule has 33 heavy (non-hydrogen) atoms. The molecule has 0 radical (unpaired) electrons. The lowest BCUT2D eigenvalue weighted by Gasteiger charge is -2.42. The number of fused-ring (bicyclic) bond motifs is 1. The zero-order valence-electron chi connectivity index (χ0n) is 21.0. The minimum Gasteiger partial charge on any atom is -0.359 e. The molecule has 4 rings (SSSR count). The van der Waals surface area contributed by atoms with Crippen LogP contribution in [0.2, 0.25) is 0 Å². The Morgan fingerprint density at radius 3 is 2.42 bits per heavy atom. The predicted octanol–water partition coefficient (Wildman–Crippen LogP) is 5.20. The number of nitrogens with one attached hydrogen (secondary N) is 1. The third-order valence-electron chi connectivity index (χ3n) is 7.69. The molecule has 2 aromatic rings. The Balaban J connectivity index is 1.37. The second-order valence-corrected chi connectivity index (χ2v) is 11.8. The maximum Gasteiger partial charge on any atom is 0.219 e. The fourth-order valence-electron chi connectivity index (χ4n) is 5.20. The van der Waals surface area contributed by atoms with Crippen LogP contribution in [0.15, 0.2) is 23.6 Å². The number of carbonyl (C=O) groups excluding carboxylic acids is 1. The van der Waals surface area contributed by atoms with Gasteiger partial charge in [-0.25, -0.2) is 4.98 Å². The van der Waals surface area contributed by atoms with Crippen molar-refractivity contribution in [3.63, 3.8) is 0 Å². The first kappa shape index (κ1) is 24.2. The molecular weight excluding hydrogens is 428 g/mol. The zero-order chi connectivity index (χ0) is 23.6. The van der Waals surface area contributed by atoms with E-state index in [-0.39, 0.29) is 16.7 Å². The molecule has 0 atom stereocenters. The minimum absolute atomic E-state index is 0.144. The Kier molecular flexibility index (Phi) is 7.15. The average Bonchev–Trinajstić information content (AvgIpc) is 3.30. The standard InChI is InChI=1S/C27H40N4OS/c1-26(2)11-12-27(3,4)22-18-20(9-10-21(22)26)23-19-33-25(29-23)31-16-14-30(15-17-31)13-7-6-8-24(32)28-5/h9-10,18-19H,6-8,11-17H2,1-5H3,(H,28,32). The largest absolute Gasteiger partial charge is 0.359 e. The fraction of sp³-hybridized carbons (Fsp3) is 0.630. The van der Waals surface area contributed by atoms with Crippen molar-refractivity contribution in [2.45, 2.75) is 70.6 Å². The van der Waals surface area contributed by atoms with Crippen molar-refractivity contribution in [2.24, 2.45) is 0 Å². The lowest BCUT2D eigenvalue weighted by Crippen LogP contribution is -2.46. The minimum atomic E-state index is 0.144. The summed E-state index contributed by atoms with van der Waals surface area (Å²) in [5.41, 5.74) is 5.82. The summed E-state index contributed by atoms with van der Waals surface area (Å²) in [6, 6.07) is 7.04. The van der Waals surface area contributed by atoms with E-state index in [4.69, 9.17) is 4.98 Å². The van der Waals surface area contributed by atoms with Crippen molar-refractivity contribution in [3.8, 4) is 11.3 Å². The maximum absolute atomic E-state index is 11.4. The predicted molar refractivity (Wildman–Crippen MR) is 139 cm³/mol. The summed E-state index contributed by atoms with van der Waals surface area (Å²) in [5, 5.41) is 6.06. The van der Waals surface area contributed by atoms with E-state index < -0.39 is 0 Å². The van der Waals surface area contributed by atoms with Gasteiger partial charge in [0.15, 0.2) is 5.13 Å². The topological polar surface area (TPSA) is 48.5 Å². The summed E-state index contributed by atoms with van der Waals surface area (Å²) in [5.74, 6) is 0.144. The molecule has 1 aromatic carbocycles. The number of carbonyl (C=O) groups is 1. The van der Waals surface area contributed by atoms with Crippen LogP contribution in [0.25, 0.3) is 11.3 Å². The highest BCUT2D eigenvalue weighted by atomic mass is 32.1.